The minimum Gasteiger partial charge on any atom is -0.413 e. The number of aryl methyl sites for hydroxylation is 1. The molecule has 0 atom stereocenters. The van der Waals surface area contributed by atoms with E-state index in [4.69, 9.17) is 0 Å². The maximum Gasteiger partial charge on any atom is 0.470 e. The highest BCUT2D eigenvalue weighted by Crippen LogP contribution is 2.31. The minimum absolute atomic E-state index is 0.150. The number of rotatable bonds is 3. The molecule has 1 N–H and O–H groups in total. The van der Waals surface area contributed by atoms with Crippen LogP contribution in [0.5, 0.6) is 0 Å². The van der Waals surface area contributed by atoms with Crippen molar-refractivity contribution in [3.63, 3.8) is 0 Å². The van der Waals surface area contributed by atoms with Crippen molar-refractivity contribution in [3.05, 3.63) is 29.7 Å². The second kappa shape index (κ2) is 5.55. The summed E-state index contributed by atoms with van der Waals surface area (Å²) in [5.41, 5.74) is 1.62. The molecule has 1 aromatic heterocycles. The van der Waals surface area contributed by atoms with Gasteiger partial charge in [0.1, 0.15) is 0 Å². The van der Waals surface area contributed by atoms with Gasteiger partial charge in [-0.3, -0.25) is 4.79 Å². The molecule has 1 heterocycles. The van der Waals surface area contributed by atoms with E-state index in [1.165, 1.54) is 6.07 Å². The van der Waals surface area contributed by atoms with Crippen LogP contribution < -0.4 is 5.32 Å². The van der Waals surface area contributed by atoms with E-state index in [0.29, 0.717) is 23.2 Å². The van der Waals surface area contributed by atoms with Crippen molar-refractivity contribution in [2.24, 2.45) is 0 Å². The first-order chi connectivity index (χ1) is 9.81. The van der Waals surface area contributed by atoms with Crippen LogP contribution in [-0.4, -0.2) is 16.1 Å². The lowest BCUT2D eigenvalue weighted by molar-refractivity contribution is -0.156. The van der Waals surface area contributed by atoms with Crippen LogP contribution >= 0.6 is 0 Å². The third-order valence-corrected chi connectivity index (χ3v) is 2.74. The second-order valence-corrected chi connectivity index (χ2v) is 4.34. The van der Waals surface area contributed by atoms with Gasteiger partial charge in [0.15, 0.2) is 0 Å². The summed E-state index contributed by atoms with van der Waals surface area (Å²) in [5, 5.41) is 9.03. The van der Waals surface area contributed by atoms with Crippen LogP contribution in [0.25, 0.3) is 11.5 Å². The molecule has 1 aromatic carbocycles. The number of aromatic nitrogens is 2. The Morgan fingerprint density at radius 2 is 2.05 bits per heavy atom. The highest BCUT2D eigenvalue weighted by Gasteiger charge is 2.38. The van der Waals surface area contributed by atoms with Crippen molar-refractivity contribution in [2.45, 2.75) is 26.4 Å². The second-order valence-electron chi connectivity index (χ2n) is 4.34. The molecule has 0 aliphatic carbocycles. The van der Waals surface area contributed by atoms with Crippen LogP contribution in [0.2, 0.25) is 0 Å². The smallest absolute Gasteiger partial charge is 0.413 e. The van der Waals surface area contributed by atoms with Crippen LogP contribution in [0, 0.1) is 6.92 Å². The van der Waals surface area contributed by atoms with Crippen LogP contribution in [0.1, 0.15) is 24.8 Å². The first-order valence-electron chi connectivity index (χ1n) is 6.13. The molecule has 0 unspecified atom stereocenters. The quantitative estimate of drug-likeness (QED) is 0.943. The molecule has 0 saturated heterocycles. The molecule has 21 heavy (non-hydrogen) atoms. The highest BCUT2D eigenvalue weighted by molar-refractivity contribution is 5.91. The van der Waals surface area contributed by atoms with E-state index in [1.807, 2.05) is 0 Å². The largest absolute Gasteiger partial charge is 0.470 e. The Labute approximate surface area is 118 Å². The molecular formula is C13H12F3N3O2. The third-order valence-electron chi connectivity index (χ3n) is 2.74. The summed E-state index contributed by atoms with van der Waals surface area (Å²) in [6.07, 6.45) is -4.34. The fourth-order valence-electron chi connectivity index (χ4n) is 1.63. The number of nitrogens with zero attached hydrogens (tertiary/aromatic N) is 2. The summed E-state index contributed by atoms with van der Waals surface area (Å²) in [5.74, 6) is -1.76. The maximum atomic E-state index is 12.4. The summed E-state index contributed by atoms with van der Waals surface area (Å²) >= 11 is 0. The number of benzene rings is 1. The van der Waals surface area contributed by atoms with E-state index >= 15 is 0 Å². The Bertz CT molecular complexity index is 665. The van der Waals surface area contributed by atoms with Crippen LogP contribution in [0.3, 0.4) is 0 Å². The lowest BCUT2D eigenvalue weighted by Crippen LogP contribution is -2.10. The van der Waals surface area contributed by atoms with E-state index in [0.717, 1.165) is 0 Å². The molecule has 112 valence electrons. The van der Waals surface area contributed by atoms with Crippen LogP contribution in [0.15, 0.2) is 22.6 Å². The summed E-state index contributed by atoms with van der Waals surface area (Å²) in [7, 11) is 0. The van der Waals surface area contributed by atoms with Gasteiger partial charge in [0.05, 0.1) is 0 Å². The van der Waals surface area contributed by atoms with Gasteiger partial charge in [-0.15, -0.1) is 10.2 Å². The van der Waals surface area contributed by atoms with Crippen LogP contribution in [-0.2, 0) is 11.0 Å². The summed E-state index contributed by atoms with van der Waals surface area (Å²) < 4.78 is 41.8. The fourth-order valence-corrected chi connectivity index (χ4v) is 1.63. The Hall–Kier alpha value is -2.38. The lowest BCUT2D eigenvalue weighted by atomic mass is 10.1. The first kappa shape index (κ1) is 15.0. The molecule has 0 fully saturated rings. The number of carbonyl (C=O) groups excluding carboxylic acids is 1. The van der Waals surface area contributed by atoms with E-state index in [9.17, 15) is 18.0 Å². The molecule has 0 aliphatic rings. The van der Waals surface area contributed by atoms with Gasteiger partial charge in [0.2, 0.25) is 11.8 Å². The number of anilines is 1. The van der Waals surface area contributed by atoms with Crippen LogP contribution in [0.4, 0.5) is 18.9 Å². The third kappa shape index (κ3) is 3.39. The normalized spacial score (nSPS) is 11.5. The number of hydrogen-bond acceptors (Lipinski definition) is 4. The Morgan fingerprint density at radius 1 is 1.33 bits per heavy atom. The number of hydrogen-bond donors (Lipinski definition) is 1. The number of alkyl halides is 3. The molecule has 0 spiro atoms. The molecular weight excluding hydrogens is 287 g/mol. The van der Waals surface area contributed by atoms with Crippen molar-refractivity contribution < 1.29 is 22.4 Å². The zero-order chi connectivity index (χ0) is 15.6. The van der Waals surface area contributed by atoms with Crippen molar-refractivity contribution in [3.8, 4) is 11.5 Å². The Morgan fingerprint density at radius 3 is 2.57 bits per heavy atom. The molecule has 2 rings (SSSR count). The first-order valence-corrected chi connectivity index (χ1v) is 6.13. The van der Waals surface area contributed by atoms with E-state index in [2.05, 4.69) is 19.9 Å². The predicted octanol–water partition coefficient (Wildman–Crippen LogP) is 3.41. The molecule has 0 radical (unpaired) electrons. The van der Waals surface area contributed by atoms with Gasteiger partial charge in [-0.2, -0.15) is 13.2 Å². The average molecular weight is 299 g/mol. The monoisotopic (exact) mass is 299 g/mol. The fraction of sp³-hybridized carbons (Fsp3) is 0.308. The average Bonchev–Trinajstić information content (AvgIpc) is 2.90. The van der Waals surface area contributed by atoms with E-state index < -0.39 is 12.1 Å². The van der Waals surface area contributed by atoms with Crippen molar-refractivity contribution in [2.75, 3.05) is 5.32 Å². The van der Waals surface area contributed by atoms with Crippen molar-refractivity contribution in [1.82, 2.24) is 10.2 Å². The van der Waals surface area contributed by atoms with E-state index in [-0.39, 0.29) is 11.8 Å². The summed E-state index contributed by atoms with van der Waals surface area (Å²) in [6, 6.07) is 4.65. The summed E-state index contributed by atoms with van der Waals surface area (Å²) in [4.78, 5) is 11.3. The number of halogens is 3. The number of nitrogens with one attached hydrogen (secondary N) is 1. The van der Waals surface area contributed by atoms with Crippen molar-refractivity contribution in [1.29, 1.82) is 0 Å². The van der Waals surface area contributed by atoms with Gasteiger partial charge >= 0.3 is 12.1 Å². The Kier molecular flexibility index (Phi) is 3.97. The van der Waals surface area contributed by atoms with E-state index in [1.54, 1.807) is 26.0 Å². The minimum atomic E-state index is -4.67. The van der Waals surface area contributed by atoms with Gasteiger partial charge < -0.3 is 9.73 Å². The molecule has 0 aliphatic heterocycles. The molecule has 0 saturated carbocycles. The SMILES string of the molecule is CCC(=O)Nc1ccc(-c2nnc(C(F)(F)F)o2)cc1C. The number of amides is 1. The standard InChI is InChI=1S/C13H12F3N3O2/c1-3-10(20)17-9-5-4-8(6-7(9)2)11-18-19-12(21-11)13(14,15)16/h4-6H,3H2,1-2H3,(H,17,20). The van der Waals surface area contributed by atoms with Gasteiger partial charge in [-0.1, -0.05) is 6.92 Å². The van der Waals surface area contributed by atoms with Gasteiger partial charge in [-0.05, 0) is 30.7 Å². The highest BCUT2D eigenvalue weighted by atomic mass is 19.4. The number of carbonyl (C=O) groups is 1. The summed E-state index contributed by atoms with van der Waals surface area (Å²) in [6.45, 7) is 3.44. The van der Waals surface area contributed by atoms with Gasteiger partial charge in [0.25, 0.3) is 0 Å². The molecule has 2 aromatic rings. The zero-order valence-corrected chi connectivity index (χ0v) is 11.3. The predicted molar refractivity (Wildman–Crippen MR) is 68.4 cm³/mol. The molecule has 5 nitrogen and oxygen atoms in total. The topological polar surface area (TPSA) is 68.0 Å². The molecule has 1 amide bonds. The van der Waals surface area contributed by atoms with Gasteiger partial charge in [0, 0.05) is 17.7 Å². The zero-order valence-electron chi connectivity index (χ0n) is 11.3. The molecule has 8 heteroatoms. The maximum absolute atomic E-state index is 12.4. The van der Waals surface area contributed by atoms with Crippen molar-refractivity contribution >= 4 is 11.6 Å². The van der Waals surface area contributed by atoms with Gasteiger partial charge in [-0.25, -0.2) is 0 Å². The molecule has 0 bridgehead atoms. The lowest BCUT2D eigenvalue weighted by Gasteiger charge is -2.08. The Balaban J connectivity index is 2.28.